The molecule has 0 aromatic rings. The number of allylic oxidation sites excluding steroid dienone is 10. The minimum atomic E-state index is -0.911. The quantitative estimate of drug-likeness (QED) is 0.236. The summed E-state index contributed by atoms with van der Waals surface area (Å²) in [5.74, 6) is 1.36. The molecular weight excluding hydrogens is 372 g/mol. The lowest BCUT2D eigenvalue weighted by atomic mass is 9.77. The van der Waals surface area contributed by atoms with E-state index in [0.29, 0.717) is 11.8 Å². The first-order valence-corrected chi connectivity index (χ1v) is 11.3. The van der Waals surface area contributed by atoms with Crippen molar-refractivity contribution in [3.8, 4) is 0 Å². The van der Waals surface area contributed by atoms with Crippen LogP contribution in [0, 0.1) is 17.8 Å². The Hall–Kier alpha value is -2.29. The zero-order valence-corrected chi connectivity index (χ0v) is 19.5. The molecule has 0 fully saturated rings. The van der Waals surface area contributed by atoms with Crippen molar-refractivity contribution >= 4 is 5.97 Å². The summed E-state index contributed by atoms with van der Waals surface area (Å²) >= 11 is 0. The predicted molar refractivity (Wildman–Crippen MR) is 125 cm³/mol. The molecular formula is C27H38O3. The van der Waals surface area contributed by atoms with E-state index in [2.05, 4.69) is 58.9 Å². The van der Waals surface area contributed by atoms with E-state index in [1.54, 1.807) is 0 Å². The van der Waals surface area contributed by atoms with Crippen LogP contribution in [0.1, 0.15) is 67.2 Å². The van der Waals surface area contributed by atoms with Gasteiger partial charge in [-0.1, -0.05) is 77.0 Å². The largest absolute Gasteiger partial charge is 0.497 e. The van der Waals surface area contributed by atoms with E-state index in [1.807, 2.05) is 13.0 Å². The Bertz CT molecular complexity index is 813. The number of hydrogen-bond acceptors (Lipinski definition) is 2. The molecule has 30 heavy (non-hydrogen) atoms. The first-order chi connectivity index (χ1) is 14.2. The fourth-order valence-corrected chi connectivity index (χ4v) is 3.99. The molecule has 1 atom stereocenters. The summed E-state index contributed by atoms with van der Waals surface area (Å²) in [6, 6.07) is 0. The van der Waals surface area contributed by atoms with Gasteiger partial charge in [0.25, 0.3) is 0 Å². The first kappa shape index (κ1) is 24.0. The van der Waals surface area contributed by atoms with E-state index in [-0.39, 0.29) is 5.92 Å². The molecule has 0 radical (unpaired) electrons. The van der Waals surface area contributed by atoms with Crippen molar-refractivity contribution in [1.82, 2.24) is 0 Å². The van der Waals surface area contributed by atoms with E-state index in [4.69, 9.17) is 9.84 Å². The summed E-state index contributed by atoms with van der Waals surface area (Å²) in [4.78, 5) is 10.9. The van der Waals surface area contributed by atoms with E-state index < -0.39 is 5.97 Å². The maximum absolute atomic E-state index is 10.9. The van der Waals surface area contributed by atoms with Crippen LogP contribution in [-0.4, -0.2) is 17.7 Å². The van der Waals surface area contributed by atoms with Crippen LogP contribution in [0.15, 0.2) is 70.1 Å². The van der Waals surface area contributed by atoms with Gasteiger partial charge in [0.2, 0.25) is 0 Å². The van der Waals surface area contributed by atoms with Crippen LogP contribution in [0.25, 0.3) is 0 Å². The molecule has 2 aliphatic rings. The molecule has 164 valence electrons. The lowest BCUT2D eigenvalue weighted by Gasteiger charge is -2.32. The summed E-state index contributed by atoms with van der Waals surface area (Å²) in [7, 11) is 0. The highest BCUT2D eigenvalue weighted by atomic mass is 16.5. The van der Waals surface area contributed by atoms with Gasteiger partial charge in [0, 0.05) is 12.0 Å². The number of carbonyl (C=O) groups is 1. The molecule has 0 spiro atoms. The van der Waals surface area contributed by atoms with Crippen LogP contribution < -0.4 is 0 Å². The highest BCUT2D eigenvalue weighted by molar-refractivity contribution is 5.81. The van der Waals surface area contributed by atoms with Gasteiger partial charge in [-0.15, -0.1) is 0 Å². The van der Waals surface area contributed by atoms with Crippen LogP contribution >= 0.6 is 0 Å². The standard InChI is InChI=1S/C27H38O3/c1-7-8-14-30-27-24(19(4)5)16-22(18(2)3)17-25(27)23-11-9-10-21(23)13-12-20(6)15-26(28)29/h9,11-13,15-16,18-19,25H,7-8,10,14,17H2,1-6H3,(H,28,29)/b13-12+,20-15+. The topological polar surface area (TPSA) is 46.5 Å². The fourth-order valence-electron chi connectivity index (χ4n) is 3.99. The molecule has 0 aromatic heterocycles. The van der Waals surface area contributed by atoms with Gasteiger partial charge in [-0.05, 0) is 60.3 Å². The molecule has 3 nitrogen and oxygen atoms in total. The summed E-state index contributed by atoms with van der Waals surface area (Å²) < 4.78 is 6.43. The van der Waals surface area contributed by atoms with E-state index in [0.717, 1.165) is 43.6 Å². The SMILES string of the molecule is CCCCOC1=C(C(C)C)C=C(C(C)C)CC1C1=C(/C=C/C(C)=C/C(=O)O)CC=C1. The van der Waals surface area contributed by atoms with Gasteiger partial charge in [-0.25, -0.2) is 4.79 Å². The molecule has 3 heteroatoms. The van der Waals surface area contributed by atoms with Crippen molar-refractivity contribution < 1.29 is 14.6 Å². The predicted octanol–water partition coefficient (Wildman–Crippen LogP) is 7.16. The summed E-state index contributed by atoms with van der Waals surface area (Å²) in [5.41, 5.74) is 6.10. The van der Waals surface area contributed by atoms with Gasteiger partial charge < -0.3 is 9.84 Å². The van der Waals surface area contributed by atoms with Crippen LogP contribution in [0.2, 0.25) is 0 Å². The molecule has 0 aromatic carbocycles. The van der Waals surface area contributed by atoms with Crippen molar-refractivity contribution in [2.75, 3.05) is 6.61 Å². The Balaban J connectivity index is 2.48. The number of ether oxygens (including phenoxy) is 1. The Kier molecular flexibility index (Phi) is 8.95. The fraction of sp³-hybridized carbons (Fsp3) is 0.519. The van der Waals surface area contributed by atoms with Gasteiger partial charge in [0.05, 0.1) is 6.61 Å². The molecule has 0 aliphatic heterocycles. The van der Waals surface area contributed by atoms with Gasteiger partial charge in [0.15, 0.2) is 0 Å². The third-order valence-corrected chi connectivity index (χ3v) is 5.78. The lowest BCUT2D eigenvalue weighted by Crippen LogP contribution is -2.21. The van der Waals surface area contributed by atoms with Crippen molar-refractivity contribution in [3.05, 3.63) is 70.1 Å². The lowest BCUT2D eigenvalue weighted by molar-refractivity contribution is -0.131. The number of rotatable bonds is 10. The normalized spacial score (nSPS) is 20.2. The minimum Gasteiger partial charge on any atom is -0.497 e. The average molecular weight is 411 g/mol. The van der Waals surface area contributed by atoms with Gasteiger partial charge in [-0.3, -0.25) is 0 Å². The minimum absolute atomic E-state index is 0.226. The third kappa shape index (κ3) is 6.35. The number of carboxylic acids is 1. The first-order valence-electron chi connectivity index (χ1n) is 11.3. The molecule has 1 N–H and O–H groups in total. The summed E-state index contributed by atoms with van der Waals surface area (Å²) in [5, 5.41) is 8.97. The molecule has 0 bridgehead atoms. The molecule has 2 aliphatic carbocycles. The monoisotopic (exact) mass is 410 g/mol. The molecule has 0 saturated heterocycles. The van der Waals surface area contributed by atoms with Gasteiger partial charge >= 0.3 is 5.97 Å². The Labute approximate surface area is 182 Å². The highest BCUT2D eigenvalue weighted by Crippen LogP contribution is 2.43. The van der Waals surface area contributed by atoms with Crippen LogP contribution in [0.5, 0.6) is 0 Å². The zero-order valence-electron chi connectivity index (χ0n) is 19.5. The molecule has 2 rings (SSSR count). The maximum atomic E-state index is 10.9. The number of carboxylic acid groups (broad SMARTS) is 1. The molecule has 0 amide bonds. The molecule has 0 saturated carbocycles. The number of unbranched alkanes of at least 4 members (excludes halogenated alkanes) is 1. The van der Waals surface area contributed by atoms with E-state index >= 15 is 0 Å². The smallest absolute Gasteiger partial charge is 0.328 e. The second-order valence-corrected chi connectivity index (χ2v) is 8.95. The number of aliphatic carboxylic acids is 1. The molecule has 0 heterocycles. The second kappa shape index (κ2) is 11.2. The Morgan fingerprint density at radius 1 is 1.27 bits per heavy atom. The summed E-state index contributed by atoms with van der Waals surface area (Å²) in [6.07, 6.45) is 16.1. The van der Waals surface area contributed by atoms with E-state index in [1.165, 1.54) is 28.4 Å². The third-order valence-electron chi connectivity index (χ3n) is 5.78. The van der Waals surface area contributed by atoms with Gasteiger partial charge in [0.1, 0.15) is 5.76 Å². The van der Waals surface area contributed by atoms with Crippen molar-refractivity contribution in [2.24, 2.45) is 17.8 Å². The molecule has 1 unspecified atom stereocenters. The summed E-state index contributed by atoms with van der Waals surface area (Å²) in [6.45, 7) is 13.8. The van der Waals surface area contributed by atoms with Crippen LogP contribution in [0.3, 0.4) is 0 Å². The Morgan fingerprint density at radius 2 is 2.00 bits per heavy atom. The Morgan fingerprint density at radius 3 is 2.60 bits per heavy atom. The average Bonchev–Trinajstić information content (AvgIpc) is 3.14. The number of hydrogen-bond donors (Lipinski definition) is 1. The maximum Gasteiger partial charge on any atom is 0.328 e. The van der Waals surface area contributed by atoms with Crippen molar-refractivity contribution in [1.29, 1.82) is 0 Å². The van der Waals surface area contributed by atoms with Gasteiger partial charge in [-0.2, -0.15) is 0 Å². The van der Waals surface area contributed by atoms with Crippen LogP contribution in [0.4, 0.5) is 0 Å². The zero-order chi connectivity index (χ0) is 22.3. The van der Waals surface area contributed by atoms with E-state index in [9.17, 15) is 4.79 Å². The highest BCUT2D eigenvalue weighted by Gasteiger charge is 2.31. The van der Waals surface area contributed by atoms with Crippen molar-refractivity contribution in [2.45, 2.75) is 67.2 Å². The van der Waals surface area contributed by atoms with Crippen LogP contribution in [-0.2, 0) is 9.53 Å². The second-order valence-electron chi connectivity index (χ2n) is 8.95. The van der Waals surface area contributed by atoms with Crippen molar-refractivity contribution in [3.63, 3.8) is 0 Å².